The van der Waals surface area contributed by atoms with E-state index in [1.54, 1.807) is 14.2 Å². The number of hydrogen-bond donors (Lipinski definition) is 0. The second kappa shape index (κ2) is 17.5. The van der Waals surface area contributed by atoms with Gasteiger partial charge in [0.2, 0.25) is 0 Å². The van der Waals surface area contributed by atoms with E-state index in [2.05, 4.69) is 12.1 Å². The third-order valence-electron chi connectivity index (χ3n) is 6.78. The van der Waals surface area contributed by atoms with Gasteiger partial charge in [-0.25, -0.2) is 0 Å². The van der Waals surface area contributed by atoms with Gasteiger partial charge in [-0.2, -0.15) is 0 Å². The van der Waals surface area contributed by atoms with Gasteiger partial charge < -0.3 is 23.7 Å². The zero-order valence-electron chi connectivity index (χ0n) is 24.4. The van der Waals surface area contributed by atoms with Crippen LogP contribution in [0.15, 0.2) is 48.5 Å². The Kier molecular flexibility index (Phi) is 14.4. The van der Waals surface area contributed by atoms with Gasteiger partial charge in [0.05, 0.1) is 26.4 Å². The number of carbonyl (C=O) groups excluding carboxylic acids is 2. The van der Waals surface area contributed by atoms with E-state index in [1.807, 2.05) is 50.2 Å². The van der Waals surface area contributed by atoms with Crippen LogP contribution in [0.5, 0.6) is 11.5 Å². The van der Waals surface area contributed by atoms with Gasteiger partial charge in [0.25, 0.3) is 0 Å². The molecule has 0 saturated heterocycles. The molecule has 0 aliphatic heterocycles. The van der Waals surface area contributed by atoms with E-state index in [1.165, 1.54) is 13.8 Å². The average molecular weight is 543 g/mol. The van der Waals surface area contributed by atoms with Gasteiger partial charge in [-0.3, -0.25) is 9.59 Å². The molecule has 0 fully saturated rings. The number of esters is 2. The summed E-state index contributed by atoms with van der Waals surface area (Å²) in [6, 6.07) is 16.0. The molecule has 4 atom stereocenters. The molecule has 2 rings (SSSR count). The maximum absolute atomic E-state index is 11.6. The molecule has 4 unspecified atom stereocenters. The SMILES string of the molecule is CCC(CCC(Cc1cccc(OC)c1)OC(CCC(CC)OC(C)=O)Cc1cccc(OC)c1)OC(C)=O. The molecule has 0 N–H and O–H groups in total. The minimum absolute atomic E-state index is 0.105. The molecular formula is C32H46O7. The molecule has 0 heterocycles. The Labute approximate surface area is 234 Å². The number of ether oxygens (including phenoxy) is 5. The van der Waals surface area contributed by atoms with E-state index in [4.69, 9.17) is 23.7 Å². The second-order valence-electron chi connectivity index (χ2n) is 9.93. The van der Waals surface area contributed by atoms with E-state index in [9.17, 15) is 9.59 Å². The summed E-state index contributed by atoms with van der Waals surface area (Å²) < 4.78 is 28.7. The Morgan fingerprint density at radius 3 is 1.36 bits per heavy atom. The van der Waals surface area contributed by atoms with Crippen LogP contribution >= 0.6 is 0 Å². The summed E-state index contributed by atoms with van der Waals surface area (Å²) >= 11 is 0. The largest absolute Gasteiger partial charge is 0.497 e. The first-order valence-corrected chi connectivity index (χ1v) is 14.0. The first kappa shape index (κ1) is 32.2. The van der Waals surface area contributed by atoms with E-state index in [0.717, 1.165) is 48.3 Å². The molecule has 0 aliphatic carbocycles. The highest BCUT2D eigenvalue weighted by Crippen LogP contribution is 2.24. The van der Waals surface area contributed by atoms with Gasteiger partial charge in [-0.15, -0.1) is 0 Å². The number of carbonyl (C=O) groups is 2. The summed E-state index contributed by atoms with van der Waals surface area (Å²) in [6.07, 6.45) is 5.28. The van der Waals surface area contributed by atoms with Gasteiger partial charge in [0.1, 0.15) is 23.7 Å². The van der Waals surface area contributed by atoms with Crippen molar-refractivity contribution < 1.29 is 33.3 Å². The van der Waals surface area contributed by atoms with E-state index in [-0.39, 0.29) is 36.4 Å². The molecule has 39 heavy (non-hydrogen) atoms. The predicted octanol–water partition coefficient (Wildman–Crippen LogP) is 6.49. The van der Waals surface area contributed by atoms with Gasteiger partial charge in [-0.05, 0) is 86.8 Å². The van der Waals surface area contributed by atoms with Crippen molar-refractivity contribution >= 4 is 11.9 Å². The van der Waals surface area contributed by atoms with Crippen LogP contribution < -0.4 is 9.47 Å². The Morgan fingerprint density at radius 2 is 1.03 bits per heavy atom. The standard InChI is InChI=1S/C32H46O7/c1-7-27(37-23(3)33)15-17-31(21-25-11-9-13-29(19-25)35-5)39-32(18-16-28(8-2)38-24(4)34)22-26-12-10-14-30(20-26)36-6/h9-14,19-20,27-28,31-32H,7-8,15-18,21-22H2,1-6H3. The van der Waals surface area contributed by atoms with Gasteiger partial charge in [-0.1, -0.05) is 38.1 Å². The molecule has 0 amide bonds. The molecule has 2 aromatic rings. The summed E-state index contributed by atoms with van der Waals surface area (Å²) in [5.74, 6) is 1.08. The van der Waals surface area contributed by atoms with Crippen molar-refractivity contribution in [1.29, 1.82) is 0 Å². The minimum atomic E-state index is -0.265. The lowest BCUT2D eigenvalue weighted by atomic mass is 9.98. The molecule has 0 aromatic heterocycles. The van der Waals surface area contributed by atoms with Crippen LogP contribution in [-0.4, -0.2) is 50.6 Å². The van der Waals surface area contributed by atoms with Crippen molar-refractivity contribution in [3.05, 3.63) is 59.7 Å². The fourth-order valence-electron chi connectivity index (χ4n) is 4.74. The molecular weight excluding hydrogens is 496 g/mol. The van der Waals surface area contributed by atoms with Crippen molar-refractivity contribution in [2.24, 2.45) is 0 Å². The molecule has 2 aromatic carbocycles. The lowest BCUT2D eigenvalue weighted by Gasteiger charge is -2.28. The zero-order chi connectivity index (χ0) is 28.6. The summed E-state index contributed by atoms with van der Waals surface area (Å²) in [7, 11) is 3.32. The molecule has 7 heteroatoms. The molecule has 216 valence electrons. The highest BCUT2D eigenvalue weighted by atomic mass is 16.5. The topological polar surface area (TPSA) is 80.3 Å². The van der Waals surface area contributed by atoms with Crippen LogP contribution in [0.2, 0.25) is 0 Å². The van der Waals surface area contributed by atoms with E-state index >= 15 is 0 Å². The minimum Gasteiger partial charge on any atom is -0.497 e. The Balaban J connectivity index is 2.27. The highest BCUT2D eigenvalue weighted by molar-refractivity contribution is 5.66. The van der Waals surface area contributed by atoms with Crippen LogP contribution in [0.25, 0.3) is 0 Å². The monoisotopic (exact) mass is 542 g/mol. The predicted molar refractivity (Wildman–Crippen MR) is 152 cm³/mol. The van der Waals surface area contributed by atoms with Crippen LogP contribution in [0, 0.1) is 0 Å². The molecule has 0 spiro atoms. The van der Waals surface area contributed by atoms with Crippen LogP contribution in [-0.2, 0) is 36.6 Å². The summed E-state index contributed by atoms with van der Waals surface area (Å²) in [5, 5.41) is 0. The number of methoxy groups -OCH3 is 2. The third-order valence-corrected chi connectivity index (χ3v) is 6.78. The van der Waals surface area contributed by atoms with Gasteiger partial charge in [0, 0.05) is 13.8 Å². The van der Waals surface area contributed by atoms with Crippen LogP contribution in [0.4, 0.5) is 0 Å². The smallest absolute Gasteiger partial charge is 0.302 e. The normalized spacial score (nSPS) is 14.1. The Bertz CT molecular complexity index is 926. The van der Waals surface area contributed by atoms with Gasteiger partial charge in [0.15, 0.2) is 0 Å². The molecule has 0 aliphatic rings. The van der Waals surface area contributed by atoms with Crippen molar-refractivity contribution in [3.8, 4) is 11.5 Å². The zero-order valence-corrected chi connectivity index (χ0v) is 24.4. The Morgan fingerprint density at radius 1 is 0.641 bits per heavy atom. The molecule has 7 nitrogen and oxygen atoms in total. The molecule has 0 saturated carbocycles. The Hall–Kier alpha value is -3.06. The maximum Gasteiger partial charge on any atom is 0.302 e. The van der Waals surface area contributed by atoms with Crippen LogP contribution in [0.3, 0.4) is 0 Å². The fourth-order valence-corrected chi connectivity index (χ4v) is 4.74. The maximum atomic E-state index is 11.6. The van der Waals surface area contributed by atoms with Crippen molar-refractivity contribution in [2.45, 2.75) is 103 Å². The van der Waals surface area contributed by atoms with Crippen molar-refractivity contribution in [1.82, 2.24) is 0 Å². The lowest BCUT2D eigenvalue weighted by Crippen LogP contribution is -2.29. The number of rotatable bonds is 18. The first-order chi connectivity index (χ1) is 18.8. The van der Waals surface area contributed by atoms with E-state index in [0.29, 0.717) is 25.7 Å². The van der Waals surface area contributed by atoms with Crippen molar-refractivity contribution in [2.75, 3.05) is 14.2 Å². The van der Waals surface area contributed by atoms with Gasteiger partial charge >= 0.3 is 11.9 Å². The quantitative estimate of drug-likeness (QED) is 0.199. The highest BCUT2D eigenvalue weighted by Gasteiger charge is 2.22. The molecule has 0 bridgehead atoms. The lowest BCUT2D eigenvalue weighted by molar-refractivity contribution is -0.147. The summed E-state index contributed by atoms with van der Waals surface area (Å²) in [5.41, 5.74) is 2.23. The van der Waals surface area contributed by atoms with Crippen LogP contribution in [0.1, 0.15) is 77.3 Å². The number of hydrogen-bond acceptors (Lipinski definition) is 7. The second-order valence-corrected chi connectivity index (χ2v) is 9.93. The summed E-state index contributed by atoms with van der Waals surface area (Å²) in [4.78, 5) is 23.2. The number of benzene rings is 2. The first-order valence-electron chi connectivity index (χ1n) is 14.0. The van der Waals surface area contributed by atoms with E-state index < -0.39 is 0 Å². The third kappa shape index (κ3) is 12.6. The average Bonchev–Trinajstić information content (AvgIpc) is 2.92. The van der Waals surface area contributed by atoms with Crippen molar-refractivity contribution in [3.63, 3.8) is 0 Å². The summed E-state index contributed by atoms with van der Waals surface area (Å²) in [6.45, 7) is 6.95. The fraction of sp³-hybridized carbons (Fsp3) is 0.562. The molecule has 0 radical (unpaired) electrons.